The monoisotopic (exact) mass is 303 g/mol. The number of unbranched alkanes of at least 4 members (excludes halogenated alkanes) is 2. The summed E-state index contributed by atoms with van der Waals surface area (Å²) in [5, 5.41) is 0. The lowest BCUT2D eigenvalue weighted by atomic mass is 10.0. The Labute approximate surface area is 132 Å². The van der Waals surface area contributed by atoms with Crippen LogP contribution in [0.4, 0.5) is 5.69 Å². The molecule has 0 fully saturated rings. The van der Waals surface area contributed by atoms with Crippen molar-refractivity contribution < 1.29 is 9.59 Å². The lowest BCUT2D eigenvalue weighted by Gasteiger charge is -2.30. The Bertz CT molecular complexity index is 516. The van der Waals surface area contributed by atoms with Gasteiger partial charge in [0.25, 0.3) is 5.91 Å². The van der Waals surface area contributed by atoms with Gasteiger partial charge in [-0.3, -0.25) is 20.4 Å². The van der Waals surface area contributed by atoms with Gasteiger partial charge in [0.1, 0.15) is 0 Å². The molecule has 0 spiro atoms. The van der Waals surface area contributed by atoms with Gasteiger partial charge in [0.15, 0.2) is 0 Å². The second-order valence-corrected chi connectivity index (χ2v) is 5.71. The minimum Gasteiger partial charge on any atom is -0.362 e. The van der Waals surface area contributed by atoms with Gasteiger partial charge in [-0.2, -0.15) is 0 Å². The molecule has 0 unspecified atom stereocenters. The minimum atomic E-state index is -0.180. The zero-order valence-electron chi connectivity index (χ0n) is 13.2. The summed E-state index contributed by atoms with van der Waals surface area (Å²) in [6, 6.07) is 8.17. The second kappa shape index (κ2) is 8.41. The quantitative estimate of drug-likeness (QED) is 0.625. The Morgan fingerprint density at radius 3 is 2.73 bits per heavy atom. The highest BCUT2D eigenvalue weighted by molar-refractivity contribution is 5.85. The summed E-state index contributed by atoms with van der Waals surface area (Å²) in [5.74, 6) is -0.304. The standard InChI is InChI=1S/C17H25N3O2/c1-2-3-4-11-16(21)18-19-17(22)13-20-12-7-9-14-8-5-6-10-15(14)20/h5-6,8,10H,2-4,7,9,11-13H2,1H3,(H,18,21)(H,19,22). The van der Waals surface area contributed by atoms with E-state index in [-0.39, 0.29) is 18.4 Å². The largest absolute Gasteiger partial charge is 0.362 e. The number of fused-ring (bicyclic) bond motifs is 1. The molecule has 0 radical (unpaired) electrons. The number of amides is 2. The van der Waals surface area contributed by atoms with Gasteiger partial charge in [-0.05, 0) is 30.9 Å². The fraction of sp³-hybridized carbons (Fsp3) is 0.529. The first-order valence-electron chi connectivity index (χ1n) is 8.11. The normalized spacial score (nSPS) is 13.4. The predicted octanol–water partition coefficient (Wildman–Crippen LogP) is 2.17. The lowest BCUT2D eigenvalue weighted by Crippen LogP contribution is -2.47. The number of para-hydroxylation sites is 1. The van der Waals surface area contributed by atoms with Crippen LogP contribution < -0.4 is 15.8 Å². The van der Waals surface area contributed by atoms with Crippen molar-refractivity contribution in [2.75, 3.05) is 18.0 Å². The molecule has 5 heteroatoms. The van der Waals surface area contributed by atoms with E-state index in [4.69, 9.17) is 0 Å². The summed E-state index contributed by atoms with van der Waals surface area (Å²) >= 11 is 0. The SMILES string of the molecule is CCCCCC(=O)NNC(=O)CN1CCCc2ccccc21. The maximum absolute atomic E-state index is 12.0. The van der Waals surface area contributed by atoms with Crippen LogP contribution in [0.15, 0.2) is 24.3 Å². The van der Waals surface area contributed by atoms with Gasteiger partial charge in [0.05, 0.1) is 6.54 Å². The van der Waals surface area contributed by atoms with E-state index in [2.05, 4.69) is 28.7 Å². The molecule has 1 aromatic rings. The topological polar surface area (TPSA) is 61.4 Å². The molecule has 120 valence electrons. The zero-order chi connectivity index (χ0) is 15.8. The van der Waals surface area contributed by atoms with Crippen molar-refractivity contribution in [2.45, 2.75) is 45.4 Å². The van der Waals surface area contributed by atoms with Crippen LogP contribution in [0, 0.1) is 0 Å². The van der Waals surface area contributed by atoms with Crippen molar-refractivity contribution in [3.05, 3.63) is 29.8 Å². The molecule has 1 aliphatic rings. The lowest BCUT2D eigenvalue weighted by molar-refractivity contribution is -0.128. The molecule has 0 saturated heterocycles. The minimum absolute atomic E-state index is 0.124. The summed E-state index contributed by atoms with van der Waals surface area (Å²) in [6.45, 7) is 3.23. The highest BCUT2D eigenvalue weighted by Gasteiger charge is 2.18. The third-order valence-electron chi connectivity index (χ3n) is 3.89. The highest BCUT2D eigenvalue weighted by atomic mass is 16.2. The molecule has 5 nitrogen and oxygen atoms in total. The molecular weight excluding hydrogens is 278 g/mol. The summed E-state index contributed by atoms with van der Waals surface area (Å²) in [7, 11) is 0. The summed E-state index contributed by atoms with van der Waals surface area (Å²) in [5.41, 5.74) is 7.40. The average molecular weight is 303 g/mol. The van der Waals surface area contributed by atoms with E-state index in [0.717, 1.165) is 44.3 Å². The number of carbonyl (C=O) groups is 2. The van der Waals surface area contributed by atoms with E-state index in [0.29, 0.717) is 6.42 Å². The molecule has 0 atom stereocenters. The number of nitrogens with zero attached hydrogens (tertiary/aromatic N) is 1. The first-order valence-corrected chi connectivity index (χ1v) is 8.11. The Balaban J connectivity index is 1.77. The van der Waals surface area contributed by atoms with Crippen molar-refractivity contribution in [2.24, 2.45) is 0 Å². The number of aryl methyl sites for hydroxylation is 1. The Morgan fingerprint density at radius 1 is 1.14 bits per heavy atom. The van der Waals surface area contributed by atoms with Crippen LogP contribution in [0.5, 0.6) is 0 Å². The third-order valence-corrected chi connectivity index (χ3v) is 3.89. The number of hydrogen-bond donors (Lipinski definition) is 2. The molecule has 0 bridgehead atoms. The molecule has 0 aromatic heterocycles. The smallest absolute Gasteiger partial charge is 0.257 e. The van der Waals surface area contributed by atoms with Crippen molar-refractivity contribution >= 4 is 17.5 Å². The fourth-order valence-electron chi connectivity index (χ4n) is 2.73. The zero-order valence-corrected chi connectivity index (χ0v) is 13.2. The number of benzene rings is 1. The summed E-state index contributed by atoms with van der Waals surface area (Å²) < 4.78 is 0. The van der Waals surface area contributed by atoms with E-state index in [9.17, 15) is 9.59 Å². The van der Waals surface area contributed by atoms with Gasteiger partial charge in [0, 0.05) is 18.7 Å². The number of hydrazine groups is 1. The number of hydrogen-bond acceptors (Lipinski definition) is 3. The number of rotatable bonds is 6. The molecule has 1 heterocycles. The van der Waals surface area contributed by atoms with Gasteiger partial charge in [-0.25, -0.2) is 0 Å². The maximum atomic E-state index is 12.0. The molecular formula is C17H25N3O2. The van der Waals surface area contributed by atoms with Crippen molar-refractivity contribution in [1.82, 2.24) is 10.9 Å². The van der Waals surface area contributed by atoms with Gasteiger partial charge in [-0.15, -0.1) is 0 Å². The Hall–Kier alpha value is -2.04. The molecule has 0 saturated carbocycles. The van der Waals surface area contributed by atoms with Crippen LogP contribution in [-0.4, -0.2) is 24.9 Å². The van der Waals surface area contributed by atoms with Crippen LogP contribution in [0.25, 0.3) is 0 Å². The molecule has 2 N–H and O–H groups in total. The van der Waals surface area contributed by atoms with Gasteiger partial charge in [-0.1, -0.05) is 38.0 Å². The van der Waals surface area contributed by atoms with Crippen LogP contribution in [-0.2, 0) is 16.0 Å². The van der Waals surface area contributed by atoms with E-state index in [1.165, 1.54) is 5.56 Å². The Morgan fingerprint density at radius 2 is 1.91 bits per heavy atom. The Kier molecular flexibility index (Phi) is 6.25. The molecule has 1 aromatic carbocycles. The van der Waals surface area contributed by atoms with E-state index < -0.39 is 0 Å². The van der Waals surface area contributed by atoms with E-state index in [1.807, 2.05) is 18.2 Å². The van der Waals surface area contributed by atoms with E-state index >= 15 is 0 Å². The average Bonchev–Trinajstić information content (AvgIpc) is 2.54. The fourth-order valence-corrected chi connectivity index (χ4v) is 2.73. The van der Waals surface area contributed by atoms with Crippen LogP contribution >= 0.6 is 0 Å². The van der Waals surface area contributed by atoms with Gasteiger partial charge >= 0.3 is 0 Å². The van der Waals surface area contributed by atoms with Crippen LogP contribution in [0.2, 0.25) is 0 Å². The summed E-state index contributed by atoms with van der Waals surface area (Å²) in [4.78, 5) is 25.6. The van der Waals surface area contributed by atoms with Crippen LogP contribution in [0.1, 0.15) is 44.6 Å². The molecule has 0 aliphatic carbocycles. The molecule has 2 amide bonds. The number of carbonyl (C=O) groups excluding carboxylic acids is 2. The first-order chi connectivity index (χ1) is 10.7. The molecule has 1 aliphatic heterocycles. The van der Waals surface area contributed by atoms with Crippen molar-refractivity contribution in [3.63, 3.8) is 0 Å². The molecule has 22 heavy (non-hydrogen) atoms. The van der Waals surface area contributed by atoms with Gasteiger partial charge < -0.3 is 4.90 Å². The predicted molar refractivity (Wildman–Crippen MR) is 87.4 cm³/mol. The second-order valence-electron chi connectivity index (χ2n) is 5.71. The van der Waals surface area contributed by atoms with E-state index in [1.54, 1.807) is 0 Å². The van der Waals surface area contributed by atoms with Crippen molar-refractivity contribution in [3.8, 4) is 0 Å². The van der Waals surface area contributed by atoms with Gasteiger partial charge in [0.2, 0.25) is 5.91 Å². The maximum Gasteiger partial charge on any atom is 0.257 e. The van der Waals surface area contributed by atoms with Crippen molar-refractivity contribution in [1.29, 1.82) is 0 Å². The number of anilines is 1. The highest BCUT2D eigenvalue weighted by Crippen LogP contribution is 2.26. The third kappa shape index (κ3) is 4.76. The number of nitrogens with one attached hydrogen (secondary N) is 2. The van der Waals surface area contributed by atoms with Crippen LogP contribution in [0.3, 0.4) is 0 Å². The summed E-state index contributed by atoms with van der Waals surface area (Å²) in [6.07, 6.45) is 5.54. The molecule has 2 rings (SSSR count). The first kappa shape index (κ1) is 16.3.